The van der Waals surface area contributed by atoms with E-state index in [-0.39, 0.29) is 18.9 Å². The van der Waals surface area contributed by atoms with Crippen molar-refractivity contribution in [1.82, 2.24) is 0 Å². The molecule has 1 N–H and O–H groups in total. The van der Waals surface area contributed by atoms with Gasteiger partial charge in [-0.05, 0) is 31.2 Å². The van der Waals surface area contributed by atoms with Crippen LogP contribution in [0.1, 0.15) is 13.3 Å². The van der Waals surface area contributed by atoms with Gasteiger partial charge in [0.25, 0.3) is 5.91 Å². The molecule has 2 atom stereocenters. The highest BCUT2D eigenvalue weighted by atomic mass is 16.6. The average Bonchev–Trinajstić information content (AvgIpc) is 3.20. The van der Waals surface area contributed by atoms with Crippen molar-refractivity contribution in [3.8, 4) is 17.2 Å². The lowest BCUT2D eigenvalue weighted by molar-refractivity contribution is -0.157. The minimum atomic E-state index is -1.04. The molecule has 9 nitrogen and oxygen atoms in total. The molecule has 9 heteroatoms. The van der Waals surface area contributed by atoms with Crippen LogP contribution in [0.5, 0.6) is 17.2 Å². The first-order valence-electron chi connectivity index (χ1n) is 10.3. The molecule has 4 rings (SSSR count). The number of ether oxygens (including phenoxy) is 4. The second kappa shape index (κ2) is 9.17. The number of para-hydroxylation sites is 2. The van der Waals surface area contributed by atoms with Crippen molar-refractivity contribution in [2.75, 3.05) is 37.1 Å². The highest BCUT2D eigenvalue weighted by Crippen LogP contribution is 2.36. The van der Waals surface area contributed by atoms with E-state index in [0.717, 1.165) is 0 Å². The Hall–Kier alpha value is -3.75. The van der Waals surface area contributed by atoms with Gasteiger partial charge < -0.3 is 29.2 Å². The van der Waals surface area contributed by atoms with Crippen molar-refractivity contribution in [2.45, 2.75) is 19.4 Å². The van der Waals surface area contributed by atoms with Crippen molar-refractivity contribution < 1.29 is 33.3 Å². The van der Waals surface area contributed by atoms with Crippen molar-refractivity contribution >= 4 is 29.2 Å². The molecule has 0 spiro atoms. The number of carbonyl (C=O) groups is 3. The van der Waals surface area contributed by atoms with E-state index in [2.05, 4.69) is 5.32 Å². The van der Waals surface area contributed by atoms with Crippen LogP contribution in [-0.2, 0) is 19.1 Å². The van der Waals surface area contributed by atoms with Gasteiger partial charge in [0.1, 0.15) is 19.0 Å². The molecule has 1 saturated heterocycles. The number of hydrogen-bond donors (Lipinski definition) is 1. The maximum Gasteiger partial charge on any atom is 0.312 e. The van der Waals surface area contributed by atoms with Crippen LogP contribution in [0.4, 0.5) is 11.4 Å². The summed E-state index contributed by atoms with van der Waals surface area (Å²) >= 11 is 0. The number of nitrogens with one attached hydrogen (secondary N) is 1. The molecule has 0 aliphatic carbocycles. The zero-order valence-corrected chi connectivity index (χ0v) is 17.8. The number of nitrogens with zero attached hydrogens (tertiary/aromatic N) is 1. The SMILES string of the molecule is COc1ccccc1NC(=O)[C@@H](C)OC(=O)[C@@H]1CC(=O)N(c2ccc3c(c2)OCCO3)C1. The first-order chi connectivity index (χ1) is 15.5. The molecule has 2 aliphatic heterocycles. The topological polar surface area (TPSA) is 103 Å². The van der Waals surface area contributed by atoms with Crippen LogP contribution in [0.15, 0.2) is 42.5 Å². The summed E-state index contributed by atoms with van der Waals surface area (Å²) in [5, 5.41) is 2.69. The molecule has 1 fully saturated rings. The summed E-state index contributed by atoms with van der Waals surface area (Å²) in [6.45, 7) is 2.57. The molecule has 0 saturated carbocycles. The number of amides is 2. The Balaban J connectivity index is 1.36. The highest BCUT2D eigenvalue weighted by Gasteiger charge is 2.37. The van der Waals surface area contributed by atoms with Gasteiger partial charge in [0.15, 0.2) is 17.6 Å². The molecule has 32 heavy (non-hydrogen) atoms. The number of anilines is 2. The monoisotopic (exact) mass is 440 g/mol. The zero-order chi connectivity index (χ0) is 22.7. The third-order valence-electron chi connectivity index (χ3n) is 5.32. The third-order valence-corrected chi connectivity index (χ3v) is 5.32. The number of fused-ring (bicyclic) bond motifs is 1. The molecule has 2 amide bonds. The number of esters is 1. The fraction of sp³-hybridized carbons (Fsp3) is 0.348. The summed E-state index contributed by atoms with van der Waals surface area (Å²) in [7, 11) is 1.50. The maximum absolute atomic E-state index is 12.6. The van der Waals surface area contributed by atoms with E-state index in [1.165, 1.54) is 18.9 Å². The van der Waals surface area contributed by atoms with Crippen LogP contribution in [0.2, 0.25) is 0 Å². The lowest BCUT2D eigenvalue weighted by atomic mass is 10.1. The number of benzene rings is 2. The van der Waals surface area contributed by atoms with E-state index in [1.807, 2.05) is 0 Å². The van der Waals surface area contributed by atoms with E-state index in [4.69, 9.17) is 18.9 Å². The molecule has 2 heterocycles. The van der Waals surface area contributed by atoms with Gasteiger partial charge in [0, 0.05) is 24.7 Å². The lowest BCUT2D eigenvalue weighted by Crippen LogP contribution is -2.33. The first-order valence-corrected chi connectivity index (χ1v) is 10.3. The minimum absolute atomic E-state index is 0.00806. The van der Waals surface area contributed by atoms with Gasteiger partial charge >= 0.3 is 5.97 Å². The van der Waals surface area contributed by atoms with Crippen LogP contribution in [0.25, 0.3) is 0 Å². The van der Waals surface area contributed by atoms with E-state index < -0.39 is 23.9 Å². The van der Waals surface area contributed by atoms with Gasteiger partial charge in [0.2, 0.25) is 5.91 Å². The number of carbonyl (C=O) groups excluding carboxylic acids is 3. The van der Waals surface area contributed by atoms with Gasteiger partial charge in [0.05, 0.1) is 18.7 Å². The highest BCUT2D eigenvalue weighted by molar-refractivity contribution is 6.00. The van der Waals surface area contributed by atoms with Crippen LogP contribution in [0, 0.1) is 5.92 Å². The Morgan fingerprint density at radius 2 is 1.88 bits per heavy atom. The summed E-state index contributed by atoms with van der Waals surface area (Å²) in [5.74, 6) is -0.272. The lowest BCUT2D eigenvalue weighted by Gasteiger charge is -2.22. The normalized spacial score (nSPS) is 18.1. The van der Waals surface area contributed by atoms with Crippen LogP contribution in [-0.4, -0.2) is 50.8 Å². The van der Waals surface area contributed by atoms with Gasteiger partial charge in [-0.25, -0.2) is 0 Å². The van der Waals surface area contributed by atoms with Crippen molar-refractivity contribution in [2.24, 2.45) is 5.92 Å². The smallest absolute Gasteiger partial charge is 0.312 e. The van der Waals surface area contributed by atoms with E-state index in [9.17, 15) is 14.4 Å². The van der Waals surface area contributed by atoms with E-state index in [1.54, 1.807) is 42.5 Å². The summed E-state index contributed by atoms with van der Waals surface area (Å²) in [5.41, 5.74) is 1.10. The molecule has 0 unspecified atom stereocenters. The largest absolute Gasteiger partial charge is 0.495 e. The number of rotatable bonds is 6. The third kappa shape index (κ3) is 4.46. The molecule has 0 radical (unpaired) electrons. The predicted molar refractivity (Wildman–Crippen MR) is 115 cm³/mol. The fourth-order valence-corrected chi connectivity index (χ4v) is 3.62. The molecule has 0 bridgehead atoms. The van der Waals surface area contributed by atoms with Crippen LogP contribution >= 0.6 is 0 Å². The Morgan fingerprint density at radius 1 is 1.12 bits per heavy atom. The molecule has 2 aliphatic rings. The van der Waals surface area contributed by atoms with Crippen molar-refractivity contribution in [3.05, 3.63) is 42.5 Å². The van der Waals surface area contributed by atoms with Gasteiger partial charge in [-0.2, -0.15) is 0 Å². The Morgan fingerprint density at radius 3 is 2.66 bits per heavy atom. The first kappa shape index (κ1) is 21.5. The van der Waals surface area contributed by atoms with E-state index >= 15 is 0 Å². The number of hydrogen-bond acceptors (Lipinski definition) is 7. The predicted octanol–water partition coefficient (Wildman–Crippen LogP) is 2.39. The number of methoxy groups -OCH3 is 1. The summed E-state index contributed by atoms with van der Waals surface area (Å²) in [6.07, 6.45) is -1.03. The maximum atomic E-state index is 12.6. The minimum Gasteiger partial charge on any atom is -0.495 e. The van der Waals surface area contributed by atoms with Crippen molar-refractivity contribution in [1.29, 1.82) is 0 Å². The Kier molecular flexibility index (Phi) is 6.16. The molecule has 0 aromatic heterocycles. The molecular formula is C23H24N2O7. The standard InChI is InChI=1S/C23H24N2O7/c1-14(22(27)24-17-5-3-4-6-18(17)29-2)32-23(28)15-11-21(26)25(13-15)16-7-8-19-20(12-16)31-10-9-30-19/h3-8,12,14-15H,9-11,13H2,1-2H3,(H,24,27)/t14-,15-/m1/s1. The summed E-state index contributed by atoms with van der Waals surface area (Å²) < 4.78 is 21.6. The quantitative estimate of drug-likeness (QED) is 0.688. The van der Waals surface area contributed by atoms with Crippen molar-refractivity contribution in [3.63, 3.8) is 0 Å². The Labute approximate surface area is 185 Å². The van der Waals surface area contributed by atoms with Crippen LogP contribution < -0.4 is 24.4 Å². The second-order valence-electron chi connectivity index (χ2n) is 7.50. The van der Waals surface area contributed by atoms with E-state index in [0.29, 0.717) is 41.8 Å². The second-order valence-corrected chi connectivity index (χ2v) is 7.50. The molecular weight excluding hydrogens is 416 g/mol. The summed E-state index contributed by atoms with van der Waals surface area (Å²) in [6, 6.07) is 12.2. The summed E-state index contributed by atoms with van der Waals surface area (Å²) in [4.78, 5) is 39.2. The van der Waals surface area contributed by atoms with Gasteiger partial charge in [-0.15, -0.1) is 0 Å². The van der Waals surface area contributed by atoms with Gasteiger partial charge in [-0.3, -0.25) is 14.4 Å². The Bertz CT molecular complexity index is 1040. The fourth-order valence-electron chi connectivity index (χ4n) is 3.62. The molecule has 2 aromatic rings. The molecule has 168 valence electrons. The van der Waals surface area contributed by atoms with Gasteiger partial charge in [-0.1, -0.05) is 12.1 Å². The molecule has 2 aromatic carbocycles. The zero-order valence-electron chi connectivity index (χ0n) is 17.8. The van der Waals surface area contributed by atoms with Crippen LogP contribution in [0.3, 0.4) is 0 Å². The average molecular weight is 440 g/mol.